The van der Waals surface area contributed by atoms with Gasteiger partial charge in [-0.25, -0.2) is 4.98 Å². The fraction of sp³-hybridized carbons (Fsp3) is 0.789. The Labute approximate surface area is 149 Å². The summed E-state index contributed by atoms with van der Waals surface area (Å²) in [6.45, 7) is 5.94. The van der Waals surface area contributed by atoms with Gasteiger partial charge >= 0.3 is 0 Å². The van der Waals surface area contributed by atoms with Crippen molar-refractivity contribution in [1.29, 1.82) is 0 Å². The summed E-state index contributed by atoms with van der Waals surface area (Å²) in [5.74, 6) is 0.470. The molecule has 5 heteroatoms. The van der Waals surface area contributed by atoms with Crippen molar-refractivity contribution in [3.8, 4) is 0 Å². The number of thiazole rings is 1. The Morgan fingerprint density at radius 2 is 2.04 bits per heavy atom. The van der Waals surface area contributed by atoms with E-state index in [2.05, 4.69) is 27.1 Å². The van der Waals surface area contributed by atoms with E-state index in [4.69, 9.17) is 0 Å². The maximum Gasteiger partial charge on any atom is 0.230 e. The highest BCUT2D eigenvalue weighted by atomic mass is 32.1. The molecule has 0 N–H and O–H groups in total. The van der Waals surface area contributed by atoms with E-state index < -0.39 is 0 Å². The van der Waals surface area contributed by atoms with Gasteiger partial charge in [0, 0.05) is 31.1 Å². The molecule has 24 heavy (non-hydrogen) atoms. The Balaban J connectivity index is 1.43. The molecule has 1 saturated carbocycles. The van der Waals surface area contributed by atoms with Crippen LogP contribution in [0, 0.1) is 12.3 Å². The van der Waals surface area contributed by atoms with Crippen LogP contribution in [0.2, 0.25) is 0 Å². The van der Waals surface area contributed by atoms with Gasteiger partial charge in [0.1, 0.15) is 0 Å². The van der Waals surface area contributed by atoms with E-state index in [9.17, 15) is 4.79 Å². The summed E-state index contributed by atoms with van der Waals surface area (Å²) in [7, 11) is 0. The number of hydrogen-bond acceptors (Lipinski definition) is 4. The highest BCUT2D eigenvalue weighted by Gasteiger charge is 2.49. The van der Waals surface area contributed by atoms with Crippen molar-refractivity contribution >= 4 is 17.2 Å². The van der Waals surface area contributed by atoms with Gasteiger partial charge in [0.25, 0.3) is 0 Å². The second-order valence-electron chi connectivity index (χ2n) is 7.99. The van der Waals surface area contributed by atoms with Crippen molar-refractivity contribution in [2.45, 2.75) is 70.9 Å². The fourth-order valence-corrected chi connectivity index (χ4v) is 5.63. The van der Waals surface area contributed by atoms with Crippen LogP contribution in [0.25, 0.3) is 0 Å². The van der Waals surface area contributed by atoms with Crippen molar-refractivity contribution in [3.05, 3.63) is 16.1 Å². The van der Waals surface area contributed by atoms with E-state index in [0.29, 0.717) is 11.9 Å². The van der Waals surface area contributed by atoms with Gasteiger partial charge in [-0.3, -0.25) is 9.69 Å². The molecule has 3 fully saturated rings. The van der Waals surface area contributed by atoms with Crippen LogP contribution < -0.4 is 0 Å². The number of aryl methyl sites for hydroxylation is 1. The van der Waals surface area contributed by atoms with E-state index in [1.807, 2.05) is 0 Å². The molecule has 132 valence electrons. The lowest BCUT2D eigenvalue weighted by Gasteiger charge is -2.44. The Bertz CT molecular complexity index is 595. The van der Waals surface area contributed by atoms with E-state index in [1.54, 1.807) is 11.3 Å². The minimum absolute atomic E-state index is 0.0965. The SMILES string of the molecule is Cc1nc(CN2CC[C@]3(CCCN(C4CCCCC4)C3=O)C2)cs1. The van der Waals surface area contributed by atoms with Crippen LogP contribution in [-0.2, 0) is 11.3 Å². The van der Waals surface area contributed by atoms with Crippen molar-refractivity contribution in [2.24, 2.45) is 5.41 Å². The summed E-state index contributed by atoms with van der Waals surface area (Å²) < 4.78 is 0. The number of aromatic nitrogens is 1. The molecule has 2 aliphatic heterocycles. The third-order valence-electron chi connectivity index (χ3n) is 6.27. The zero-order chi connectivity index (χ0) is 16.6. The molecule has 0 unspecified atom stereocenters. The number of likely N-dealkylation sites (tertiary alicyclic amines) is 2. The van der Waals surface area contributed by atoms with Crippen LogP contribution >= 0.6 is 11.3 Å². The first kappa shape index (κ1) is 16.5. The molecule has 0 radical (unpaired) electrons. The molecular formula is C19H29N3OS. The molecule has 1 amide bonds. The normalized spacial score (nSPS) is 29.7. The lowest BCUT2D eigenvalue weighted by Crippen LogP contribution is -2.54. The molecule has 0 aromatic carbocycles. The van der Waals surface area contributed by atoms with Crippen LogP contribution in [0.15, 0.2) is 5.38 Å². The number of carbonyl (C=O) groups excluding carboxylic acids is 1. The van der Waals surface area contributed by atoms with E-state index >= 15 is 0 Å². The van der Waals surface area contributed by atoms with E-state index in [-0.39, 0.29) is 5.41 Å². The summed E-state index contributed by atoms with van der Waals surface area (Å²) in [6, 6.07) is 0.527. The summed E-state index contributed by atoms with van der Waals surface area (Å²) >= 11 is 1.72. The molecule has 1 aromatic rings. The Morgan fingerprint density at radius 3 is 2.79 bits per heavy atom. The summed E-state index contributed by atoms with van der Waals surface area (Å²) in [5.41, 5.74) is 1.07. The molecule has 4 rings (SSSR count). The standard InChI is InChI=1S/C19H29N3OS/c1-15-20-16(13-24-15)12-21-11-9-19(14-21)8-5-10-22(18(19)23)17-6-3-2-4-7-17/h13,17H,2-12,14H2,1H3/t19-/m1/s1. The molecule has 1 atom stereocenters. The van der Waals surface area contributed by atoms with Gasteiger partial charge in [-0.05, 0) is 45.6 Å². The quantitative estimate of drug-likeness (QED) is 0.838. The Kier molecular flexibility index (Phi) is 4.65. The predicted molar refractivity (Wildman–Crippen MR) is 97.0 cm³/mol. The summed E-state index contributed by atoms with van der Waals surface area (Å²) in [6.07, 6.45) is 9.72. The van der Waals surface area contributed by atoms with Crippen molar-refractivity contribution in [2.75, 3.05) is 19.6 Å². The average Bonchev–Trinajstić information content (AvgIpc) is 3.19. The van der Waals surface area contributed by atoms with Gasteiger partial charge in [-0.2, -0.15) is 0 Å². The fourth-order valence-electron chi connectivity index (χ4n) is 5.02. The van der Waals surface area contributed by atoms with Gasteiger partial charge in [-0.1, -0.05) is 19.3 Å². The number of piperidine rings is 1. The molecule has 3 aliphatic rings. The van der Waals surface area contributed by atoms with Crippen LogP contribution in [-0.4, -0.2) is 46.4 Å². The third kappa shape index (κ3) is 3.13. The summed E-state index contributed by atoms with van der Waals surface area (Å²) in [4.78, 5) is 22.7. The average molecular weight is 348 g/mol. The molecule has 3 heterocycles. The molecule has 1 aliphatic carbocycles. The Hall–Kier alpha value is -0.940. The molecule has 2 saturated heterocycles. The van der Waals surface area contributed by atoms with Crippen molar-refractivity contribution in [1.82, 2.24) is 14.8 Å². The zero-order valence-electron chi connectivity index (χ0n) is 14.8. The van der Waals surface area contributed by atoms with Crippen LogP contribution in [0.5, 0.6) is 0 Å². The van der Waals surface area contributed by atoms with Gasteiger partial charge in [0.15, 0.2) is 0 Å². The number of rotatable bonds is 3. The first-order valence-corrected chi connectivity index (χ1v) is 10.5. The molecule has 1 aromatic heterocycles. The third-order valence-corrected chi connectivity index (χ3v) is 7.09. The number of hydrogen-bond donors (Lipinski definition) is 0. The molecule has 4 nitrogen and oxygen atoms in total. The van der Waals surface area contributed by atoms with Gasteiger partial charge < -0.3 is 4.90 Å². The molecule has 0 bridgehead atoms. The van der Waals surface area contributed by atoms with Crippen molar-refractivity contribution in [3.63, 3.8) is 0 Å². The number of nitrogens with zero attached hydrogens (tertiary/aromatic N) is 3. The first-order valence-electron chi connectivity index (χ1n) is 9.61. The molecular weight excluding hydrogens is 318 g/mol. The molecule has 1 spiro atoms. The van der Waals surface area contributed by atoms with Crippen LogP contribution in [0.1, 0.15) is 62.1 Å². The number of carbonyl (C=O) groups is 1. The topological polar surface area (TPSA) is 36.4 Å². The van der Waals surface area contributed by atoms with Crippen LogP contribution in [0.4, 0.5) is 0 Å². The minimum atomic E-state index is -0.0965. The maximum atomic E-state index is 13.3. The Morgan fingerprint density at radius 1 is 1.21 bits per heavy atom. The number of amides is 1. The smallest absolute Gasteiger partial charge is 0.230 e. The van der Waals surface area contributed by atoms with E-state index in [0.717, 1.165) is 44.0 Å². The minimum Gasteiger partial charge on any atom is -0.339 e. The van der Waals surface area contributed by atoms with Crippen LogP contribution in [0.3, 0.4) is 0 Å². The van der Waals surface area contributed by atoms with Gasteiger partial charge in [-0.15, -0.1) is 11.3 Å². The largest absolute Gasteiger partial charge is 0.339 e. The van der Waals surface area contributed by atoms with Gasteiger partial charge in [0.05, 0.1) is 16.1 Å². The highest BCUT2D eigenvalue weighted by molar-refractivity contribution is 7.09. The van der Waals surface area contributed by atoms with E-state index in [1.165, 1.54) is 44.2 Å². The lowest BCUT2D eigenvalue weighted by atomic mass is 9.77. The maximum absolute atomic E-state index is 13.3. The second-order valence-corrected chi connectivity index (χ2v) is 9.06. The lowest BCUT2D eigenvalue weighted by molar-refractivity contribution is -0.149. The monoisotopic (exact) mass is 347 g/mol. The second kappa shape index (κ2) is 6.75. The first-order chi connectivity index (χ1) is 11.7. The van der Waals surface area contributed by atoms with Crippen molar-refractivity contribution < 1.29 is 4.79 Å². The predicted octanol–water partition coefficient (Wildman–Crippen LogP) is 3.60. The van der Waals surface area contributed by atoms with Gasteiger partial charge in [0.2, 0.25) is 5.91 Å². The highest BCUT2D eigenvalue weighted by Crippen LogP contribution is 2.42. The summed E-state index contributed by atoms with van der Waals surface area (Å²) in [5, 5.41) is 3.30. The zero-order valence-corrected chi connectivity index (χ0v) is 15.6.